The smallest absolute Gasteiger partial charge is 0.331 e. The lowest BCUT2D eigenvalue weighted by Gasteiger charge is -2.58. The SMILES string of the molecule is Cn1nnnc1SC[C@@]1(Sc2ccccc2)CO[C@@H]2[C@@H](NC(=O)c3ccccc3)C(=O)N2C1C(=O)OC(c1ccccc1)c1ccccc1. The molecule has 1 N–H and O–H groups in total. The van der Waals surface area contributed by atoms with E-state index in [9.17, 15) is 14.4 Å². The van der Waals surface area contributed by atoms with E-state index in [0.29, 0.717) is 16.5 Å². The van der Waals surface area contributed by atoms with Crippen molar-refractivity contribution in [1.82, 2.24) is 30.4 Å². The molecule has 13 heteroatoms. The number of fused-ring (bicyclic) bond motifs is 1. The van der Waals surface area contributed by atoms with Gasteiger partial charge in [0.2, 0.25) is 5.16 Å². The Morgan fingerprint density at radius 3 is 2.10 bits per heavy atom. The summed E-state index contributed by atoms with van der Waals surface area (Å²) in [6.45, 7) is 0.0676. The predicted octanol–water partition coefficient (Wildman–Crippen LogP) is 4.53. The zero-order chi connectivity index (χ0) is 33.8. The van der Waals surface area contributed by atoms with Crippen molar-refractivity contribution in [3.05, 3.63) is 138 Å². The Hall–Kier alpha value is -4.98. The molecular weight excluding hydrogens is 661 g/mol. The molecule has 2 saturated heterocycles. The second-order valence-corrected chi connectivity index (χ2v) is 14.1. The van der Waals surface area contributed by atoms with Crippen molar-refractivity contribution in [3.8, 4) is 0 Å². The number of nitrogens with one attached hydrogen (secondary N) is 1. The van der Waals surface area contributed by atoms with Gasteiger partial charge in [-0.1, -0.05) is 109 Å². The van der Waals surface area contributed by atoms with Crippen LogP contribution in [0.15, 0.2) is 131 Å². The zero-order valence-corrected chi connectivity index (χ0v) is 28.0. The van der Waals surface area contributed by atoms with E-state index >= 15 is 0 Å². The standard InChI is InChI=1S/C36H32N6O5S2/c1-41-35(38-39-40-41)48-23-36(49-27-20-12-5-13-21-27)22-46-33-28(37-31(43)26-18-10-4-11-19-26)32(44)42(33)30(36)34(45)47-29(24-14-6-2-7-15-24)25-16-8-3-9-17-25/h2-21,28-30,33H,22-23H2,1H3,(H,37,43)/t28-,30?,33+,36-/m0/s1. The number of aromatic nitrogens is 4. The van der Waals surface area contributed by atoms with Crippen molar-refractivity contribution in [2.24, 2.45) is 7.05 Å². The molecule has 1 unspecified atom stereocenters. The number of amides is 2. The molecule has 0 bridgehead atoms. The zero-order valence-electron chi connectivity index (χ0n) is 26.4. The second kappa shape index (κ2) is 14.2. The van der Waals surface area contributed by atoms with E-state index in [2.05, 4.69) is 20.8 Å². The largest absolute Gasteiger partial charge is 0.451 e. The van der Waals surface area contributed by atoms with Crippen molar-refractivity contribution in [2.75, 3.05) is 12.4 Å². The highest BCUT2D eigenvalue weighted by atomic mass is 32.2. The van der Waals surface area contributed by atoms with Crippen LogP contribution in [0.1, 0.15) is 27.6 Å². The van der Waals surface area contributed by atoms with Crippen LogP contribution in [0, 0.1) is 0 Å². The second-order valence-electron chi connectivity index (χ2n) is 11.7. The molecule has 4 atom stereocenters. The van der Waals surface area contributed by atoms with E-state index in [4.69, 9.17) is 9.47 Å². The van der Waals surface area contributed by atoms with Crippen LogP contribution in [-0.4, -0.2) is 78.3 Å². The average molecular weight is 693 g/mol. The molecule has 5 aromatic rings. The third-order valence-corrected chi connectivity index (χ3v) is 11.3. The number of thioether (sulfide) groups is 2. The first-order valence-electron chi connectivity index (χ1n) is 15.6. The molecule has 248 valence electrons. The predicted molar refractivity (Wildman–Crippen MR) is 183 cm³/mol. The highest BCUT2D eigenvalue weighted by molar-refractivity contribution is 8.04. The first-order chi connectivity index (χ1) is 23.9. The van der Waals surface area contributed by atoms with Crippen LogP contribution in [0.4, 0.5) is 0 Å². The Balaban J connectivity index is 1.27. The lowest BCUT2D eigenvalue weighted by molar-refractivity contribution is -0.219. The van der Waals surface area contributed by atoms with Gasteiger partial charge in [-0.3, -0.25) is 14.5 Å². The lowest BCUT2D eigenvalue weighted by atomic mass is 9.89. The van der Waals surface area contributed by atoms with Crippen LogP contribution in [0.25, 0.3) is 0 Å². The summed E-state index contributed by atoms with van der Waals surface area (Å²) in [4.78, 5) is 44.4. The minimum Gasteiger partial charge on any atom is -0.451 e. The topological polar surface area (TPSA) is 129 Å². The third-order valence-electron chi connectivity index (χ3n) is 8.43. The number of carbonyl (C=O) groups excluding carboxylic acids is 3. The van der Waals surface area contributed by atoms with Crippen molar-refractivity contribution >= 4 is 41.3 Å². The molecule has 0 radical (unpaired) electrons. The van der Waals surface area contributed by atoms with Crippen LogP contribution < -0.4 is 5.32 Å². The molecule has 0 aliphatic carbocycles. The summed E-state index contributed by atoms with van der Waals surface area (Å²) in [5.74, 6) is -1.14. The van der Waals surface area contributed by atoms with Crippen LogP contribution in [-0.2, 0) is 26.1 Å². The summed E-state index contributed by atoms with van der Waals surface area (Å²) in [6, 6.07) is 35.2. The Morgan fingerprint density at radius 1 is 0.918 bits per heavy atom. The van der Waals surface area contributed by atoms with Crippen molar-refractivity contribution in [1.29, 1.82) is 0 Å². The maximum absolute atomic E-state index is 14.8. The molecule has 4 aromatic carbocycles. The molecule has 2 amide bonds. The third kappa shape index (κ3) is 6.69. The summed E-state index contributed by atoms with van der Waals surface area (Å²) in [5.41, 5.74) is 1.99. The fourth-order valence-corrected chi connectivity index (χ4v) is 8.58. The van der Waals surface area contributed by atoms with Crippen LogP contribution in [0.2, 0.25) is 0 Å². The number of rotatable bonds is 11. The van der Waals surface area contributed by atoms with Gasteiger partial charge in [0.15, 0.2) is 24.4 Å². The number of benzene rings is 4. The van der Waals surface area contributed by atoms with Crippen LogP contribution >= 0.6 is 23.5 Å². The minimum absolute atomic E-state index is 0.0676. The van der Waals surface area contributed by atoms with Crippen LogP contribution in [0.3, 0.4) is 0 Å². The van der Waals surface area contributed by atoms with Crippen LogP contribution in [0.5, 0.6) is 0 Å². The van der Waals surface area contributed by atoms with Gasteiger partial charge in [-0.15, -0.1) is 16.9 Å². The molecule has 7 rings (SSSR count). The van der Waals surface area contributed by atoms with E-state index in [1.54, 1.807) is 36.0 Å². The van der Waals surface area contributed by atoms with Gasteiger partial charge < -0.3 is 14.8 Å². The number of ether oxygens (including phenoxy) is 2. The molecule has 2 fully saturated rings. The number of tetrazole rings is 1. The quantitative estimate of drug-likeness (QED) is 0.120. The molecule has 49 heavy (non-hydrogen) atoms. The summed E-state index contributed by atoms with van der Waals surface area (Å²) < 4.78 is 13.4. The maximum Gasteiger partial charge on any atom is 0.331 e. The van der Waals surface area contributed by atoms with Gasteiger partial charge in [0.25, 0.3) is 11.8 Å². The number of β-lactam (4-membered cyclic amide) rings is 1. The van der Waals surface area contributed by atoms with E-state index in [0.717, 1.165) is 16.0 Å². The van der Waals surface area contributed by atoms with Crippen molar-refractivity contribution in [2.45, 2.75) is 39.2 Å². The van der Waals surface area contributed by atoms with Gasteiger partial charge in [0.05, 0.1) is 11.4 Å². The van der Waals surface area contributed by atoms with Crippen molar-refractivity contribution < 1.29 is 23.9 Å². The maximum atomic E-state index is 14.8. The summed E-state index contributed by atoms with van der Waals surface area (Å²) in [5, 5.41) is 15.2. The Bertz CT molecular complexity index is 1880. The fourth-order valence-electron chi connectivity index (χ4n) is 6.03. The normalized spacial score (nSPS) is 21.5. The monoisotopic (exact) mass is 692 g/mol. The molecule has 0 saturated carbocycles. The molecule has 2 aliphatic heterocycles. The summed E-state index contributed by atoms with van der Waals surface area (Å²) in [7, 11) is 1.74. The summed E-state index contributed by atoms with van der Waals surface area (Å²) in [6.07, 6.45) is -1.62. The molecule has 0 spiro atoms. The Labute approximate surface area is 291 Å². The lowest BCUT2D eigenvalue weighted by Crippen LogP contribution is -2.81. The van der Waals surface area contributed by atoms with E-state index < -0.39 is 46.9 Å². The fraction of sp³-hybridized carbons (Fsp3) is 0.222. The minimum atomic E-state index is -1.10. The molecular formula is C36H32N6O5S2. The van der Waals surface area contributed by atoms with E-state index in [1.165, 1.54) is 28.4 Å². The number of carbonyl (C=O) groups is 3. The average Bonchev–Trinajstić information content (AvgIpc) is 3.57. The molecule has 2 aliphatic rings. The van der Waals surface area contributed by atoms with Gasteiger partial charge >= 0.3 is 5.97 Å². The van der Waals surface area contributed by atoms with Crippen molar-refractivity contribution in [3.63, 3.8) is 0 Å². The van der Waals surface area contributed by atoms with E-state index in [1.807, 2.05) is 97.1 Å². The van der Waals surface area contributed by atoms with Gasteiger partial charge in [-0.05, 0) is 45.8 Å². The number of nitrogens with zero attached hydrogens (tertiary/aromatic N) is 5. The molecule has 3 heterocycles. The number of aryl methyl sites for hydroxylation is 1. The number of hydrogen-bond acceptors (Lipinski definition) is 10. The Morgan fingerprint density at radius 2 is 1.51 bits per heavy atom. The Kier molecular flexibility index (Phi) is 9.47. The first-order valence-corrected chi connectivity index (χ1v) is 17.4. The van der Waals surface area contributed by atoms with Gasteiger partial charge in [0, 0.05) is 23.3 Å². The molecule has 1 aromatic heterocycles. The van der Waals surface area contributed by atoms with Gasteiger partial charge in [0.1, 0.15) is 0 Å². The van der Waals surface area contributed by atoms with Gasteiger partial charge in [-0.25, -0.2) is 9.48 Å². The highest BCUT2D eigenvalue weighted by Gasteiger charge is 2.64. The number of hydrogen-bond donors (Lipinski definition) is 1. The van der Waals surface area contributed by atoms with Gasteiger partial charge in [-0.2, -0.15) is 0 Å². The number of esters is 1. The van der Waals surface area contributed by atoms with E-state index in [-0.39, 0.29) is 6.61 Å². The molecule has 11 nitrogen and oxygen atoms in total. The highest BCUT2D eigenvalue weighted by Crippen LogP contribution is 2.48. The first kappa shape index (κ1) is 32.6. The summed E-state index contributed by atoms with van der Waals surface area (Å²) >= 11 is 2.80.